The molecule has 2 rings (SSSR count). The summed E-state index contributed by atoms with van der Waals surface area (Å²) < 4.78 is 21.3. The number of fused-ring (bicyclic) bond motifs is 1. The zero-order valence-electron chi connectivity index (χ0n) is 11.0. The molecule has 0 amide bonds. The first-order chi connectivity index (χ1) is 8.81. The lowest BCUT2D eigenvalue weighted by atomic mass is 9.94. The number of hydrogen-bond donors (Lipinski definition) is 0. The Labute approximate surface area is 107 Å². The zero-order valence-corrected chi connectivity index (χ0v) is 11.0. The highest BCUT2D eigenvalue weighted by atomic mass is 16.7. The molecule has 1 aliphatic rings. The molecule has 0 aliphatic heterocycles. The van der Waals surface area contributed by atoms with Gasteiger partial charge in [-0.05, 0) is 31.1 Å². The molecule has 0 aromatic heterocycles. The van der Waals surface area contributed by atoms with E-state index in [1.807, 2.05) is 12.1 Å². The van der Waals surface area contributed by atoms with E-state index in [2.05, 4.69) is 6.08 Å². The molecule has 1 aromatic rings. The number of allylic oxidation sites excluding steroid dienone is 1. The summed E-state index contributed by atoms with van der Waals surface area (Å²) in [4.78, 5) is 0. The van der Waals surface area contributed by atoms with E-state index < -0.39 is 0 Å². The Hall–Kier alpha value is -1.68. The lowest BCUT2D eigenvalue weighted by Gasteiger charge is -2.21. The Morgan fingerprint density at radius 2 is 1.94 bits per heavy atom. The van der Waals surface area contributed by atoms with Gasteiger partial charge < -0.3 is 18.9 Å². The van der Waals surface area contributed by atoms with Crippen molar-refractivity contribution in [2.24, 2.45) is 0 Å². The predicted molar refractivity (Wildman–Crippen MR) is 68.8 cm³/mol. The second kappa shape index (κ2) is 5.78. The molecule has 0 unspecified atom stereocenters. The predicted octanol–water partition coefficient (Wildman–Crippen LogP) is 2.61. The van der Waals surface area contributed by atoms with Gasteiger partial charge in [-0.15, -0.1) is 0 Å². The minimum absolute atomic E-state index is 0.250. The highest BCUT2D eigenvalue weighted by Crippen LogP contribution is 2.39. The Morgan fingerprint density at radius 3 is 2.61 bits per heavy atom. The molecule has 0 atom stereocenters. The largest absolute Gasteiger partial charge is 0.493 e. The van der Waals surface area contributed by atoms with Crippen LogP contribution in [0.15, 0.2) is 18.2 Å². The van der Waals surface area contributed by atoms with Gasteiger partial charge in [0.1, 0.15) is 5.76 Å². The highest BCUT2D eigenvalue weighted by molar-refractivity contribution is 5.70. The van der Waals surface area contributed by atoms with Crippen LogP contribution in [-0.4, -0.2) is 28.1 Å². The van der Waals surface area contributed by atoms with Crippen LogP contribution < -0.4 is 9.47 Å². The SMILES string of the molecule is COCOC1=CCCc2c1ccc(OC)c2OC. The van der Waals surface area contributed by atoms with E-state index in [9.17, 15) is 0 Å². The molecule has 0 N–H and O–H groups in total. The third-order valence-corrected chi connectivity index (χ3v) is 2.97. The highest BCUT2D eigenvalue weighted by Gasteiger charge is 2.20. The maximum absolute atomic E-state index is 5.57. The van der Waals surface area contributed by atoms with Crippen LogP contribution in [0.4, 0.5) is 0 Å². The van der Waals surface area contributed by atoms with Crippen molar-refractivity contribution < 1.29 is 18.9 Å². The smallest absolute Gasteiger partial charge is 0.188 e. The number of hydrogen-bond acceptors (Lipinski definition) is 4. The molecular weight excluding hydrogens is 232 g/mol. The van der Waals surface area contributed by atoms with Crippen LogP contribution in [0.1, 0.15) is 17.5 Å². The lowest BCUT2D eigenvalue weighted by molar-refractivity contribution is 0.0312. The maximum Gasteiger partial charge on any atom is 0.188 e. The average molecular weight is 250 g/mol. The first-order valence-electron chi connectivity index (χ1n) is 5.88. The van der Waals surface area contributed by atoms with Crippen molar-refractivity contribution in [3.8, 4) is 11.5 Å². The quantitative estimate of drug-likeness (QED) is 0.753. The third-order valence-electron chi connectivity index (χ3n) is 2.97. The summed E-state index contributed by atoms with van der Waals surface area (Å²) in [6, 6.07) is 3.89. The first kappa shape index (κ1) is 12.8. The van der Waals surface area contributed by atoms with Gasteiger partial charge in [-0.3, -0.25) is 0 Å². The van der Waals surface area contributed by atoms with Crippen molar-refractivity contribution >= 4 is 5.76 Å². The summed E-state index contributed by atoms with van der Waals surface area (Å²) in [6.45, 7) is 0.250. The van der Waals surface area contributed by atoms with E-state index in [-0.39, 0.29) is 6.79 Å². The Bertz CT molecular complexity index is 451. The molecule has 0 bridgehead atoms. The van der Waals surface area contributed by atoms with Crippen LogP contribution >= 0.6 is 0 Å². The number of benzene rings is 1. The topological polar surface area (TPSA) is 36.9 Å². The van der Waals surface area contributed by atoms with E-state index in [0.717, 1.165) is 41.2 Å². The van der Waals surface area contributed by atoms with Crippen molar-refractivity contribution in [1.82, 2.24) is 0 Å². The van der Waals surface area contributed by atoms with Crippen molar-refractivity contribution in [2.75, 3.05) is 28.1 Å². The van der Waals surface area contributed by atoms with Gasteiger partial charge in [-0.2, -0.15) is 0 Å². The van der Waals surface area contributed by atoms with E-state index in [4.69, 9.17) is 18.9 Å². The Balaban J connectivity index is 2.39. The van der Waals surface area contributed by atoms with Gasteiger partial charge >= 0.3 is 0 Å². The minimum Gasteiger partial charge on any atom is -0.493 e. The van der Waals surface area contributed by atoms with Crippen LogP contribution in [0.5, 0.6) is 11.5 Å². The van der Waals surface area contributed by atoms with Gasteiger partial charge in [0.15, 0.2) is 18.3 Å². The van der Waals surface area contributed by atoms with Gasteiger partial charge in [0, 0.05) is 18.2 Å². The van der Waals surface area contributed by atoms with E-state index in [0.29, 0.717) is 0 Å². The molecule has 4 heteroatoms. The van der Waals surface area contributed by atoms with E-state index >= 15 is 0 Å². The normalized spacial score (nSPS) is 13.6. The summed E-state index contributed by atoms with van der Waals surface area (Å²) in [6.07, 6.45) is 3.93. The molecule has 1 aromatic carbocycles. The molecule has 0 spiro atoms. The van der Waals surface area contributed by atoms with E-state index in [1.54, 1.807) is 21.3 Å². The molecule has 0 saturated carbocycles. The average Bonchev–Trinajstić information content (AvgIpc) is 2.43. The molecule has 0 saturated heterocycles. The summed E-state index contributed by atoms with van der Waals surface area (Å²) in [7, 11) is 4.91. The molecular formula is C14H18O4. The third kappa shape index (κ3) is 2.29. The van der Waals surface area contributed by atoms with Gasteiger partial charge in [-0.25, -0.2) is 0 Å². The Kier molecular flexibility index (Phi) is 4.10. The van der Waals surface area contributed by atoms with Crippen molar-refractivity contribution in [3.63, 3.8) is 0 Å². The van der Waals surface area contributed by atoms with Crippen molar-refractivity contribution in [1.29, 1.82) is 0 Å². The second-order valence-electron chi connectivity index (χ2n) is 3.99. The molecule has 4 nitrogen and oxygen atoms in total. The van der Waals surface area contributed by atoms with Crippen LogP contribution in [-0.2, 0) is 15.9 Å². The van der Waals surface area contributed by atoms with E-state index in [1.165, 1.54) is 0 Å². The lowest BCUT2D eigenvalue weighted by Crippen LogP contribution is -2.07. The number of rotatable bonds is 5. The molecule has 1 aliphatic carbocycles. The van der Waals surface area contributed by atoms with Crippen molar-refractivity contribution in [3.05, 3.63) is 29.3 Å². The van der Waals surface area contributed by atoms with Crippen molar-refractivity contribution in [2.45, 2.75) is 12.8 Å². The second-order valence-corrected chi connectivity index (χ2v) is 3.99. The summed E-state index contributed by atoms with van der Waals surface area (Å²) in [5.74, 6) is 2.39. The molecule has 98 valence electrons. The fourth-order valence-corrected chi connectivity index (χ4v) is 2.19. The monoisotopic (exact) mass is 250 g/mol. The molecule has 18 heavy (non-hydrogen) atoms. The molecule has 0 radical (unpaired) electrons. The fourth-order valence-electron chi connectivity index (χ4n) is 2.19. The maximum atomic E-state index is 5.57. The van der Waals surface area contributed by atoms with Gasteiger partial charge in [0.2, 0.25) is 0 Å². The fraction of sp³-hybridized carbons (Fsp3) is 0.429. The van der Waals surface area contributed by atoms with Crippen LogP contribution in [0.3, 0.4) is 0 Å². The van der Waals surface area contributed by atoms with Crippen LogP contribution in [0.2, 0.25) is 0 Å². The van der Waals surface area contributed by atoms with Gasteiger partial charge in [-0.1, -0.05) is 0 Å². The first-order valence-corrected chi connectivity index (χ1v) is 5.88. The molecule has 0 fully saturated rings. The minimum atomic E-state index is 0.250. The molecule has 0 heterocycles. The number of ether oxygens (including phenoxy) is 4. The summed E-state index contributed by atoms with van der Waals surface area (Å²) in [5.41, 5.74) is 2.18. The standard InChI is InChI=1S/C14H18O4/c1-15-9-18-12-6-4-5-11-10(12)7-8-13(16-2)14(11)17-3/h6-8H,4-5,9H2,1-3H3. The number of methoxy groups -OCH3 is 3. The zero-order chi connectivity index (χ0) is 13.0. The Morgan fingerprint density at radius 1 is 1.11 bits per heavy atom. The summed E-state index contributed by atoms with van der Waals surface area (Å²) in [5, 5.41) is 0. The summed E-state index contributed by atoms with van der Waals surface area (Å²) >= 11 is 0. The van der Waals surface area contributed by atoms with Crippen LogP contribution in [0, 0.1) is 0 Å². The van der Waals surface area contributed by atoms with Gasteiger partial charge in [0.05, 0.1) is 14.2 Å². The van der Waals surface area contributed by atoms with Gasteiger partial charge in [0.25, 0.3) is 0 Å². The van der Waals surface area contributed by atoms with Crippen LogP contribution in [0.25, 0.3) is 5.76 Å².